The first-order valence-corrected chi connectivity index (χ1v) is 10.8. The van der Waals surface area contributed by atoms with Crippen molar-refractivity contribution in [3.63, 3.8) is 0 Å². The number of rotatable bonds is 9. The van der Waals surface area contributed by atoms with Crippen LogP contribution in [0.15, 0.2) is 47.5 Å². The number of anilines is 1. The second kappa shape index (κ2) is 10.7. The summed E-state index contributed by atoms with van der Waals surface area (Å²) in [7, 11) is 2.95. The van der Waals surface area contributed by atoms with Gasteiger partial charge in [0.25, 0.3) is 5.56 Å². The van der Waals surface area contributed by atoms with Gasteiger partial charge in [-0.3, -0.25) is 19.0 Å². The van der Waals surface area contributed by atoms with Crippen LogP contribution in [0, 0.1) is 5.92 Å². The molecule has 1 heterocycles. The van der Waals surface area contributed by atoms with E-state index >= 15 is 0 Å². The molecule has 0 saturated carbocycles. The molecule has 34 heavy (non-hydrogen) atoms. The molecule has 0 aliphatic carbocycles. The number of phenolic OH excluding ortho intramolecular Hbond substituents is 1. The van der Waals surface area contributed by atoms with E-state index in [1.807, 2.05) is 13.8 Å². The average Bonchev–Trinajstić information content (AvgIpc) is 2.84. The zero-order valence-electron chi connectivity index (χ0n) is 19.5. The molecule has 0 fully saturated rings. The Morgan fingerprint density at radius 3 is 2.38 bits per heavy atom. The van der Waals surface area contributed by atoms with Gasteiger partial charge in [0.1, 0.15) is 18.3 Å². The molecule has 1 aromatic heterocycles. The van der Waals surface area contributed by atoms with Gasteiger partial charge in [0.15, 0.2) is 11.5 Å². The first-order valence-electron chi connectivity index (χ1n) is 10.8. The number of benzene rings is 2. The number of nitrogens with zero attached hydrogens (tertiary/aromatic N) is 2. The van der Waals surface area contributed by atoms with Crippen LogP contribution in [0.25, 0.3) is 10.9 Å². The van der Waals surface area contributed by atoms with Gasteiger partial charge in [-0.1, -0.05) is 20.3 Å². The van der Waals surface area contributed by atoms with Crippen molar-refractivity contribution in [2.45, 2.75) is 32.9 Å². The van der Waals surface area contributed by atoms with E-state index in [1.165, 1.54) is 43.3 Å². The fourth-order valence-electron chi connectivity index (χ4n) is 3.44. The minimum absolute atomic E-state index is 0.0790. The number of aromatic hydroxyl groups is 1. The fraction of sp³-hybridized carbons (Fsp3) is 0.333. The van der Waals surface area contributed by atoms with Gasteiger partial charge in [-0.05, 0) is 36.2 Å². The third-order valence-electron chi connectivity index (χ3n) is 5.59. The molecule has 1 unspecified atom stereocenters. The normalized spacial score (nSPS) is 12.6. The van der Waals surface area contributed by atoms with Crippen molar-refractivity contribution in [3.8, 4) is 17.2 Å². The molecule has 0 saturated heterocycles. The average molecular weight is 469 g/mol. The van der Waals surface area contributed by atoms with Gasteiger partial charge >= 0.3 is 0 Å². The lowest BCUT2D eigenvalue weighted by Crippen LogP contribution is -2.49. The monoisotopic (exact) mass is 468 g/mol. The number of aromatic nitrogens is 2. The van der Waals surface area contributed by atoms with E-state index in [1.54, 1.807) is 18.2 Å². The zero-order chi connectivity index (χ0) is 24.8. The Balaban J connectivity index is 1.79. The summed E-state index contributed by atoms with van der Waals surface area (Å²) in [6, 6.07) is 8.32. The number of hydrogen-bond acceptors (Lipinski definition) is 7. The highest BCUT2D eigenvalue weighted by atomic mass is 16.5. The first-order chi connectivity index (χ1) is 16.3. The minimum atomic E-state index is -0.820. The summed E-state index contributed by atoms with van der Waals surface area (Å²) in [6.45, 7) is 3.46. The van der Waals surface area contributed by atoms with E-state index in [-0.39, 0.29) is 23.6 Å². The number of hydrogen-bond donors (Lipinski definition) is 3. The second-order valence-corrected chi connectivity index (χ2v) is 7.87. The summed E-state index contributed by atoms with van der Waals surface area (Å²) in [5, 5.41) is 15.2. The van der Waals surface area contributed by atoms with E-state index in [4.69, 9.17) is 9.47 Å². The van der Waals surface area contributed by atoms with Crippen LogP contribution >= 0.6 is 0 Å². The molecule has 0 spiro atoms. The van der Waals surface area contributed by atoms with Crippen molar-refractivity contribution in [1.29, 1.82) is 0 Å². The van der Waals surface area contributed by atoms with Gasteiger partial charge < -0.3 is 25.2 Å². The summed E-state index contributed by atoms with van der Waals surface area (Å²) in [5.41, 5.74) is 0.476. The number of methoxy groups -OCH3 is 2. The zero-order valence-corrected chi connectivity index (χ0v) is 19.5. The van der Waals surface area contributed by atoms with Crippen LogP contribution in [0.3, 0.4) is 0 Å². The van der Waals surface area contributed by atoms with E-state index in [9.17, 15) is 19.5 Å². The van der Waals surface area contributed by atoms with Gasteiger partial charge in [-0.2, -0.15) is 0 Å². The quantitative estimate of drug-likeness (QED) is 0.411. The lowest BCUT2D eigenvalue weighted by atomic mass is 9.98. The molecule has 3 aromatic rings. The number of carbonyl (C=O) groups excluding carboxylic acids is 2. The molecule has 0 aliphatic rings. The predicted molar refractivity (Wildman–Crippen MR) is 127 cm³/mol. The standard InChI is InChI=1S/C24H28N4O6/c1-5-14(2)22(23(31)26-15-6-8-16(29)9-7-15)27-21(30)12-28-13-25-18-11-20(34-4)19(33-3)10-17(18)24(28)32/h6-11,13-14,22,29H,5,12H2,1-4H3,(H,26,31)(H,27,30)/t14?,22-/m0/s1. The molecule has 3 N–H and O–H groups in total. The Morgan fingerprint density at radius 2 is 1.76 bits per heavy atom. The van der Waals surface area contributed by atoms with Crippen LogP contribution < -0.4 is 25.7 Å². The number of phenols is 1. The van der Waals surface area contributed by atoms with Gasteiger partial charge in [-0.25, -0.2) is 4.98 Å². The van der Waals surface area contributed by atoms with Gasteiger partial charge in [0, 0.05) is 11.8 Å². The second-order valence-electron chi connectivity index (χ2n) is 7.87. The van der Waals surface area contributed by atoms with Crippen LogP contribution in [0.2, 0.25) is 0 Å². The Hall–Kier alpha value is -4.08. The third kappa shape index (κ3) is 5.45. The first kappa shape index (κ1) is 24.6. The van der Waals surface area contributed by atoms with Crippen molar-refractivity contribution in [3.05, 3.63) is 53.1 Å². The lowest BCUT2D eigenvalue weighted by molar-refractivity contribution is -0.128. The Labute approximate surface area is 196 Å². The number of ether oxygens (including phenoxy) is 2. The van der Waals surface area contributed by atoms with Crippen LogP contribution in [0.4, 0.5) is 5.69 Å². The molecule has 0 bridgehead atoms. The van der Waals surface area contributed by atoms with Gasteiger partial charge in [0.05, 0.1) is 31.4 Å². The van der Waals surface area contributed by atoms with Crippen molar-refractivity contribution in [2.75, 3.05) is 19.5 Å². The lowest BCUT2D eigenvalue weighted by Gasteiger charge is -2.23. The molecule has 0 aliphatic heterocycles. The van der Waals surface area contributed by atoms with Crippen molar-refractivity contribution < 1.29 is 24.2 Å². The SMILES string of the molecule is CCC(C)[C@H](NC(=O)Cn1cnc2cc(OC)c(OC)cc2c1=O)C(=O)Nc1ccc(O)cc1. The Kier molecular flexibility index (Phi) is 7.72. The summed E-state index contributed by atoms with van der Waals surface area (Å²) in [5.74, 6) is -0.170. The highest BCUT2D eigenvalue weighted by molar-refractivity contribution is 5.97. The highest BCUT2D eigenvalue weighted by Crippen LogP contribution is 2.29. The Morgan fingerprint density at radius 1 is 1.12 bits per heavy atom. The molecule has 3 rings (SSSR count). The number of carbonyl (C=O) groups is 2. The van der Waals surface area contributed by atoms with E-state index < -0.39 is 23.4 Å². The van der Waals surface area contributed by atoms with Gasteiger partial charge in [-0.15, -0.1) is 0 Å². The largest absolute Gasteiger partial charge is 0.508 e. The molecule has 10 nitrogen and oxygen atoms in total. The minimum Gasteiger partial charge on any atom is -0.508 e. The van der Waals surface area contributed by atoms with Crippen molar-refractivity contribution in [2.24, 2.45) is 5.92 Å². The van der Waals surface area contributed by atoms with Gasteiger partial charge in [0.2, 0.25) is 11.8 Å². The van der Waals surface area contributed by atoms with E-state index in [0.717, 1.165) is 0 Å². The summed E-state index contributed by atoms with van der Waals surface area (Å²) >= 11 is 0. The number of fused-ring (bicyclic) bond motifs is 1. The highest BCUT2D eigenvalue weighted by Gasteiger charge is 2.26. The molecule has 2 amide bonds. The number of nitrogens with one attached hydrogen (secondary N) is 2. The fourth-order valence-corrected chi connectivity index (χ4v) is 3.44. The van der Waals surface area contributed by atoms with Crippen LogP contribution in [0.5, 0.6) is 17.2 Å². The van der Waals surface area contributed by atoms with E-state index in [2.05, 4.69) is 15.6 Å². The molecule has 2 aromatic carbocycles. The maximum atomic E-state index is 13.0. The summed E-state index contributed by atoms with van der Waals surface area (Å²) in [6.07, 6.45) is 1.93. The van der Waals surface area contributed by atoms with E-state index in [0.29, 0.717) is 29.1 Å². The number of amides is 2. The molecule has 180 valence electrons. The van der Waals surface area contributed by atoms with Crippen LogP contribution in [0.1, 0.15) is 20.3 Å². The molecular weight excluding hydrogens is 440 g/mol. The summed E-state index contributed by atoms with van der Waals surface area (Å²) in [4.78, 5) is 42.9. The Bertz CT molecular complexity index is 1240. The predicted octanol–water partition coefficient (Wildman–Crippen LogP) is 2.29. The molecule has 2 atom stereocenters. The molecular formula is C24H28N4O6. The molecule has 10 heteroatoms. The third-order valence-corrected chi connectivity index (χ3v) is 5.59. The maximum absolute atomic E-state index is 13.0. The molecule has 0 radical (unpaired) electrons. The van der Waals surface area contributed by atoms with Crippen molar-refractivity contribution in [1.82, 2.24) is 14.9 Å². The maximum Gasteiger partial charge on any atom is 0.261 e. The van der Waals surface area contributed by atoms with Crippen LogP contribution in [-0.2, 0) is 16.1 Å². The van der Waals surface area contributed by atoms with Crippen molar-refractivity contribution >= 4 is 28.4 Å². The summed E-state index contributed by atoms with van der Waals surface area (Å²) < 4.78 is 11.7. The topological polar surface area (TPSA) is 132 Å². The van der Waals surface area contributed by atoms with Crippen LogP contribution in [-0.4, -0.2) is 46.7 Å². The smallest absolute Gasteiger partial charge is 0.261 e.